The molecule has 0 bridgehead atoms. The summed E-state index contributed by atoms with van der Waals surface area (Å²) in [4.78, 5) is 2.61. The average molecular weight is 196 g/mol. The summed E-state index contributed by atoms with van der Waals surface area (Å²) in [5.41, 5.74) is 0. The van der Waals surface area contributed by atoms with Gasteiger partial charge in [0, 0.05) is 18.6 Å². The van der Waals surface area contributed by atoms with Crippen LogP contribution in [0, 0.1) is 5.92 Å². The molecular formula is C12H24N2. The normalized spacial score (nSPS) is 33.6. The van der Waals surface area contributed by atoms with Gasteiger partial charge >= 0.3 is 0 Å². The molecule has 0 aromatic heterocycles. The van der Waals surface area contributed by atoms with Crippen molar-refractivity contribution < 1.29 is 0 Å². The van der Waals surface area contributed by atoms with Gasteiger partial charge in [-0.15, -0.1) is 0 Å². The van der Waals surface area contributed by atoms with Crippen LogP contribution >= 0.6 is 0 Å². The number of nitrogens with zero attached hydrogens (tertiary/aromatic N) is 1. The second-order valence-corrected chi connectivity index (χ2v) is 5.18. The molecule has 0 aromatic rings. The van der Waals surface area contributed by atoms with Crippen LogP contribution in [0.5, 0.6) is 0 Å². The van der Waals surface area contributed by atoms with Gasteiger partial charge in [-0.2, -0.15) is 0 Å². The molecule has 0 unspecified atom stereocenters. The molecule has 0 aromatic carbocycles. The lowest BCUT2D eigenvalue weighted by Gasteiger charge is -2.34. The van der Waals surface area contributed by atoms with Crippen LogP contribution in [-0.2, 0) is 0 Å². The van der Waals surface area contributed by atoms with E-state index in [1.807, 2.05) is 0 Å². The van der Waals surface area contributed by atoms with Gasteiger partial charge in [-0.1, -0.05) is 0 Å². The van der Waals surface area contributed by atoms with E-state index in [1.165, 1.54) is 45.1 Å². The van der Waals surface area contributed by atoms with E-state index in [0.29, 0.717) is 0 Å². The smallest absolute Gasteiger partial charge is 0.00934 e. The molecule has 82 valence electrons. The summed E-state index contributed by atoms with van der Waals surface area (Å²) < 4.78 is 0. The topological polar surface area (TPSA) is 15.3 Å². The van der Waals surface area contributed by atoms with Gasteiger partial charge in [-0.25, -0.2) is 0 Å². The highest BCUT2D eigenvalue weighted by Gasteiger charge is 2.28. The van der Waals surface area contributed by atoms with E-state index >= 15 is 0 Å². The van der Waals surface area contributed by atoms with Crippen molar-refractivity contribution in [1.29, 1.82) is 0 Å². The summed E-state index contributed by atoms with van der Waals surface area (Å²) in [6.45, 7) is 1.36. The molecule has 14 heavy (non-hydrogen) atoms. The molecule has 1 N–H and O–H groups in total. The monoisotopic (exact) mass is 196 g/mol. The lowest BCUT2D eigenvalue weighted by molar-refractivity contribution is 0.171. The van der Waals surface area contributed by atoms with Crippen molar-refractivity contribution in [3.05, 3.63) is 0 Å². The molecule has 2 nitrogen and oxygen atoms in total. The highest BCUT2D eigenvalue weighted by Crippen LogP contribution is 2.31. The van der Waals surface area contributed by atoms with Crippen LogP contribution in [0.25, 0.3) is 0 Å². The van der Waals surface area contributed by atoms with Gasteiger partial charge in [0.2, 0.25) is 0 Å². The first-order chi connectivity index (χ1) is 6.79. The maximum Gasteiger partial charge on any atom is 0.00934 e. The summed E-state index contributed by atoms with van der Waals surface area (Å²) in [7, 11) is 4.42. The fourth-order valence-electron chi connectivity index (χ4n) is 2.66. The second-order valence-electron chi connectivity index (χ2n) is 5.18. The quantitative estimate of drug-likeness (QED) is 0.738. The van der Waals surface area contributed by atoms with Crippen LogP contribution in [0.3, 0.4) is 0 Å². The zero-order valence-corrected chi connectivity index (χ0v) is 9.63. The SMILES string of the molecule is CN[C@H]1CC[C@@H](N(C)CC2CC2)CC1. The molecule has 0 amide bonds. The fourth-order valence-corrected chi connectivity index (χ4v) is 2.66. The van der Waals surface area contributed by atoms with E-state index < -0.39 is 0 Å². The highest BCUT2D eigenvalue weighted by molar-refractivity contribution is 4.84. The van der Waals surface area contributed by atoms with E-state index in [0.717, 1.165) is 18.0 Å². The molecule has 2 aliphatic rings. The number of rotatable bonds is 4. The fraction of sp³-hybridized carbons (Fsp3) is 1.00. The van der Waals surface area contributed by atoms with Gasteiger partial charge in [-0.05, 0) is 58.5 Å². The standard InChI is InChI=1S/C12H24N2/c1-13-11-5-7-12(8-6-11)14(2)9-10-3-4-10/h10-13H,3-9H2,1-2H3/t11-,12+. The predicted molar refractivity (Wildman–Crippen MR) is 60.5 cm³/mol. The zero-order valence-electron chi connectivity index (χ0n) is 9.63. The maximum absolute atomic E-state index is 3.40. The molecule has 0 heterocycles. The Labute approximate surface area is 88.1 Å². The number of nitrogens with one attached hydrogen (secondary N) is 1. The van der Waals surface area contributed by atoms with E-state index in [-0.39, 0.29) is 0 Å². The minimum absolute atomic E-state index is 0.792. The van der Waals surface area contributed by atoms with E-state index in [2.05, 4.69) is 24.3 Å². The minimum Gasteiger partial charge on any atom is -0.317 e. The molecule has 2 heteroatoms. The van der Waals surface area contributed by atoms with Crippen LogP contribution in [0.2, 0.25) is 0 Å². The Morgan fingerprint density at radius 1 is 1.07 bits per heavy atom. The molecule has 0 radical (unpaired) electrons. The first-order valence-corrected chi connectivity index (χ1v) is 6.17. The van der Waals surface area contributed by atoms with Crippen molar-refractivity contribution in [2.75, 3.05) is 20.6 Å². The average Bonchev–Trinajstić information content (AvgIpc) is 3.02. The Kier molecular flexibility index (Phi) is 3.45. The third-order valence-corrected chi connectivity index (χ3v) is 3.97. The van der Waals surface area contributed by atoms with Crippen LogP contribution in [0.4, 0.5) is 0 Å². The van der Waals surface area contributed by atoms with Crippen molar-refractivity contribution in [1.82, 2.24) is 10.2 Å². The predicted octanol–water partition coefficient (Wildman–Crippen LogP) is 1.86. The first-order valence-electron chi connectivity index (χ1n) is 6.17. The van der Waals surface area contributed by atoms with E-state index in [4.69, 9.17) is 0 Å². The lowest BCUT2D eigenvalue weighted by atomic mass is 9.90. The number of hydrogen-bond donors (Lipinski definition) is 1. The highest BCUT2D eigenvalue weighted by atomic mass is 15.1. The van der Waals surface area contributed by atoms with Crippen molar-refractivity contribution >= 4 is 0 Å². The molecule has 0 saturated heterocycles. The summed E-state index contributed by atoms with van der Waals surface area (Å²) in [6.07, 6.45) is 8.50. The third-order valence-electron chi connectivity index (χ3n) is 3.97. The Balaban J connectivity index is 1.70. The molecule has 0 atom stereocenters. The van der Waals surface area contributed by atoms with Gasteiger partial charge in [0.25, 0.3) is 0 Å². The second kappa shape index (κ2) is 4.63. The minimum atomic E-state index is 0.792. The van der Waals surface area contributed by atoms with Gasteiger partial charge < -0.3 is 10.2 Å². The van der Waals surface area contributed by atoms with Gasteiger partial charge in [-0.3, -0.25) is 0 Å². The van der Waals surface area contributed by atoms with Gasteiger partial charge in [0.05, 0.1) is 0 Å². The van der Waals surface area contributed by atoms with Crippen LogP contribution in [0.15, 0.2) is 0 Å². The Hall–Kier alpha value is -0.0800. The van der Waals surface area contributed by atoms with Crippen molar-refractivity contribution in [2.24, 2.45) is 5.92 Å². The summed E-state index contributed by atoms with van der Waals surface area (Å²) in [6, 6.07) is 1.67. The summed E-state index contributed by atoms with van der Waals surface area (Å²) in [5.74, 6) is 1.04. The van der Waals surface area contributed by atoms with E-state index in [1.54, 1.807) is 0 Å². The summed E-state index contributed by atoms with van der Waals surface area (Å²) in [5, 5.41) is 3.40. The lowest BCUT2D eigenvalue weighted by Crippen LogP contribution is -2.40. The van der Waals surface area contributed by atoms with Crippen molar-refractivity contribution in [3.63, 3.8) is 0 Å². The summed E-state index contributed by atoms with van der Waals surface area (Å²) >= 11 is 0. The molecular weight excluding hydrogens is 172 g/mol. The molecule has 0 spiro atoms. The largest absolute Gasteiger partial charge is 0.317 e. The Morgan fingerprint density at radius 3 is 2.21 bits per heavy atom. The maximum atomic E-state index is 3.40. The Bertz CT molecular complexity index is 169. The first kappa shape index (κ1) is 10.4. The van der Waals surface area contributed by atoms with Crippen LogP contribution in [0.1, 0.15) is 38.5 Å². The molecule has 0 aliphatic heterocycles. The van der Waals surface area contributed by atoms with Gasteiger partial charge in [0.15, 0.2) is 0 Å². The molecule has 2 saturated carbocycles. The molecule has 2 fully saturated rings. The Morgan fingerprint density at radius 2 is 1.71 bits per heavy atom. The zero-order chi connectivity index (χ0) is 9.97. The van der Waals surface area contributed by atoms with Crippen molar-refractivity contribution in [3.8, 4) is 0 Å². The molecule has 2 aliphatic carbocycles. The van der Waals surface area contributed by atoms with Crippen molar-refractivity contribution in [2.45, 2.75) is 50.6 Å². The number of hydrogen-bond acceptors (Lipinski definition) is 2. The van der Waals surface area contributed by atoms with Crippen LogP contribution in [-0.4, -0.2) is 37.6 Å². The van der Waals surface area contributed by atoms with Gasteiger partial charge in [0.1, 0.15) is 0 Å². The third kappa shape index (κ3) is 2.71. The molecule has 2 rings (SSSR count). The van der Waals surface area contributed by atoms with E-state index in [9.17, 15) is 0 Å². The van der Waals surface area contributed by atoms with Crippen LogP contribution < -0.4 is 5.32 Å².